The first kappa shape index (κ1) is 14.5. The van der Waals surface area contributed by atoms with E-state index in [0.29, 0.717) is 19.0 Å². The Bertz CT molecular complexity index is 411. The fourth-order valence-electron chi connectivity index (χ4n) is 2.68. The third-order valence-corrected chi connectivity index (χ3v) is 4.82. The third-order valence-electron chi connectivity index (χ3n) is 3.90. The number of aromatic nitrogens is 1. The third kappa shape index (κ3) is 4.28. The van der Waals surface area contributed by atoms with Crippen LogP contribution in [-0.2, 0) is 17.8 Å². The Labute approximate surface area is 118 Å². The summed E-state index contributed by atoms with van der Waals surface area (Å²) in [4.78, 5) is 16.3. The summed E-state index contributed by atoms with van der Waals surface area (Å²) in [7, 11) is 0. The Morgan fingerprint density at radius 2 is 2.21 bits per heavy atom. The second-order valence-electron chi connectivity index (χ2n) is 5.31. The standard InChI is InChI=1S/C14H23N3OS/c1-2-10-3-5-11(6-4-10)16-13(18)7-12-9-19-14(8-15)17-12/h9-11H,2-8,15H2,1H3,(H,16,18). The van der Waals surface area contributed by atoms with Crippen LogP contribution < -0.4 is 11.1 Å². The Morgan fingerprint density at radius 3 is 2.79 bits per heavy atom. The van der Waals surface area contributed by atoms with Gasteiger partial charge < -0.3 is 11.1 Å². The van der Waals surface area contributed by atoms with E-state index in [2.05, 4.69) is 17.2 Å². The van der Waals surface area contributed by atoms with Gasteiger partial charge >= 0.3 is 0 Å². The number of carbonyl (C=O) groups is 1. The van der Waals surface area contributed by atoms with Crippen LogP contribution in [-0.4, -0.2) is 16.9 Å². The first-order chi connectivity index (χ1) is 9.21. The van der Waals surface area contributed by atoms with Crippen LogP contribution in [0.5, 0.6) is 0 Å². The van der Waals surface area contributed by atoms with Crippen molar-refractivity contribution in [2.24, 2.45) is 11.7 Å². The molecule has 0 aromatic carbocycles. The monoisotopic (exact) mass is 281 g/mol. The lowest BCUT2D eigenvalue weighted by molar-refractivity contribution is -0.121. The molecule has 0 spiro atoms. The Kier molecular flexibility index (Phi) is 5.34. The van der Waals surface area contributed by atoms with E-state index in [1.165, 1.54) is 30.6 Å². The highest BCUT2D eigenvalue weighted by Gasteiger charge is 2.21. The molecular formula is C14H23N3OS. The van der Waals surface area contributed by atoms with Crippen LogP contribution in [0.2, 0.25) is 0 Å². The van der Waals surface area contributed by atoms with Gasteiger partial charge in [-0.1, -0.05) is 13.3 Å². The van der Waals surface area contributed by atoms with Crippen molar-refractivity contribution in [3.8, 4) is 0 Å². The molecule has 1 fully saturated rings. The molecule has 0 unspecified atom stereocenters. The molecule has 0 atom stereocenters. The second kappa shape index (κ2) is 7.01. The number of rotatable bonds is 5. The maximum atomic E-state index is 12.0. The van der Waals surface area contributed by atoms with Crippen molar-refractivity contribution in [1.82, 2.24) is 10.3 Å². The molecule has 106 valence electrons. The highest BCUT2D eigenvalue weighted by Crippen LogP contribution is 2.26. The number of hydrogen-bond donors (Lipinski definition) is 2. The van der Waals surface area contributed by atoms with E-state index in [9.17, 15) is 4.79 Å². The van der Waals surface area contributed by atoms with Crippen molar-refractivity contribution in [3.63, 3.8) is 0 Å². The lowest BCUT2D eigenvalue weighted by Gasteiger charge is -2.28. The predicted molar refractivity (Wildman–Crippen MR) is 77.9 cm³/mol. The minimum atomic E-state index is 0.0915. The van der Waals surface area contributed by atoms with Crippen molar-refractivity contribution in [2.75, 3.05) is 0 Å². The normalized spacial score (nSPS) is 23.3. The molecule has 1 aliphatic rings. The van der Waals surface area contributed by atoms with Crippen LogP contribution >= 0.6 is 11.3 Å². The molecule has 0 saturated heterocycles. The maximum absolute atomic E-state index is 12.0. The summed E-state index contributed by atoms with van der Waals surface area (Å²) >= 11 is 1.52. The SMILES string of the molecule is CCC1CCC(NC(=O)Cc2csc(CN)n2)CC1. The minimum absolute atomic E-state index is 0.0915. The lowest BCUT2D eigenvalue weighted by atomic mass is 9.84. The summed E-state index contributed by atoms with van der Waals surface area (Å²) < 4.78 is 0. The highest BCUT2D eigenvalue weighted by molar-refractivity contribution is 7.09. The largest absolute Gasteiger partial charge is 0.353 e. The van der Waals surface area contributed by atoms with Gasteiger partial charge in [-0.25, -0.2) is 4.98 Å². The van der Waals surface area contributed by atoms with Crippen molar-refractivity contribution in [2.45, 2.75) is 58.0 Å². The van der Waals surface area contributed by atoms with Gasteiger partial charge in [0.05, 0.1) is 12.1 Å². The van der Waals surface area contributed by atoms with Gasteiger partial charge in [0.1, 0.15) is 5.01 Å². The smallest absolute Gasteiger partial charge is 0.226 e. The predicted octanol–water partition coefficient (Wildman–Crippen LogP) is 2.23. The molecule has 19 heavy (non-hydrogen) atoms. The fraction of sp³-hybridized carbons (Fsp3) is 0.714. The molecule has 1 aromatic rings. The molecule has 4 nitrogen and oxygen atoms in total. The molecule has 0 aliphatic heterocycles. The van der Waals surface area contributed by atoms with Gasteiger partial charge in [-0.3, -0.25) is 4.79 Å². The van der Waals surface area contributed by atoms with E-state index in [0.717, 1.165) is 29.5 Å². The van der Waals surface area contributed by atoms with Crippen molar-refractivity contribution in [3.05, 3.63) is 16.1 Å². The molecule has 1 amide bonds. The Morgan fingerprint density at radius 1 is 1.47 bits per heavy atom. The second-order valence-corrected chi connectivity index (χ2v) is 6.25. The van der Waals surface area contributed by atoms with Gasteiger partial charge in [0.15, 0.2) is 0 Å². The average Bonchev–Trinajstić information content (AvgIpc) is 2.87. The lowest BCUT2D eigenvalue weighted by Crippen LogP contribution is -2.38. The summed E-state index contributed by atoms with van der Waals surface area (Å²) in [5.41, 5.74) is 6.36. The van der Waals surface area contributed by atoms with Crippen molar-refractivity contribution < 1.29 is 4.79 Å². The zero-order chi connectivity index (χ0) is 13.7. The van der Waals surface area contributed by atoms with Crippen LogP contribution in [0.4, 0.5) is 0 Å². The number of hydrogen-bond acceptors (Lipinski definition) is 4. The van der Waals surface area contributed by atoms with Crippen molar-refractivity contribution >= 4 is 17.2 Å². The first-order valence-corrected chi connectivity index (χ1v) is 8.02. The molecule has 1 aliphatic carbocycles. The number of carbonyl (C=O) groups excluding carboxylic acids is 1. The summed E-state index contributed by atoms with van der Waals surface area (Å²) in [5.74, 6) is 0.952. The molecule has 0 bridgehead atoms. The van der Waals surface area contributed by atoms with Crippen LogP contribution in [0.3, 0.4) is 0 Å². The average molecular weight is 281 g/mol. The fourth-order valence-corrected chi connectivity index (χ4v) is 3.36. The first-order valence-electron chi connectivity index (χ1n) is 7.14. The Hall–Kier alpha value is -0.940. The van der Waals surface area contributed by atoms with Crippen molar-refractivity contribution in [1.29, 1.82) is 0 Å². The van der Waals surface area contributed by atoms with E-state index >= 15 is 0 Å². The number of nitrogens with zero attached hydrogens (tertiary/aromatic N) is 1. The van der Waals surface area contributed by atoms with Gasteiger partial charge in [-0.2, -0.15) is 0 Å². The van der Waals surface area contributed by atoms with E-state index in [1.807, 2.05) is 5.38 Å². The van der Waals surface area contributed by atoms with Gasteiger partial charge in [0.25, 0.3) is 0 Å². The summed E-state index contributed by atoms with van der Waals surface area (Å²) in [5, 5.41) is 5.95. The zero-order valence-electron chi connectivity index (χ0n) is 11.5. The Balaban J connectivity index is 1.75. The number of nitrogens with two attached hydrogens (primary N) is 1. The zero-order valence-corrected chi connectivity index (χ0v) is 12.3. The van der Waals surface area contributed by atoms with E-state index in [-0.39, 0.29) is 5.91 Å². The number of amides is 1. The number of nitrogens with one attached hydrogen (secondary N) is 1. The van der Waals surface area contributed by atoms with Gasteiger partial charge in [0, 0.05) is 18.0 Å². The van der Waals surface area contributed by atoms with E-state index in [1.54, 1.807) is 0 Å². The van der Waals surface area contributed by atoms with Crippen LogP contribution in [0.15, 0.2) is 5.38 Å². The molecule has 1 aromatic heterocycles. The molecule has 3 N–H and O–H groups in total. The topological polar surface area (TPSA) is 68.0 Å². The van der Waals surface area contributed by atoms with Gasteiger partial charge in [-0.05, 0) is 31.6 Å². The quantitative estimate of drug-likeness (QED) is 0.869. The van der Waals surface area contributed by atoms with Crippen LogP contribution in [0.25, 0.3) is 0 Å². The number of thiazole rings is 1. The van der Waals surface area contributed by atoms with Crippen LogP contribution in [0.1, 0.15) is 49.7 Å². The molecule has 5 heteroatoms. The van der Waals surface area contributed by atoms with Gasteiger partial charge in [0.2, 0.25) is 5.91 Å². The van der Waals surface area contributed by atoms with Gasteiger partial charge in [-0.15, -0.1) is 11.3 Å². The molecule has 1 heterocycles. The minimum Gasteiger partial charge on any atom is -0.353 e. The molecular weight excluding hydrogens is 258 g/mol. The molecule has 0 radical (unpaired) electrons. The van der Waals surface area contributed by atoms with E-state index in [4.69, 9.17) is 5.73 Å². The van der Waals surface area contributed by atoms with Crippen LogP contribution in [0, 0.1) is 5.92 Å². The highest BCUT2D eigenvalue weighted by atomic mass is 32.1. The molecule has 2 rings (SSSR count). The summed E-state index contributed by atoms with van der Waals surface area (Å²) in [6.45, 7) is 2.70. The van der Waals surface area contributed by atoms with E-state index < -0.39 is 0 Å². The summed E-state index contributed by atoms with van der Waals surface area (Å²) in [6, 6.07) is 0.364. The molecule has 1 saturated carbocycles. The maximum Gasteiger partial charge on any atom is 0.226 e. The summed E-state index contributed by atoms with van der Waals surface area (Å²) in [6.07, 6.45) is 6.38.